The molecule has 0 saturated carbocycles. The van der Waals surface area contributed by atoms with Gasteiger partial charge in [0.15, 0.2) is 0 Å². The summed E-state index contributed by atoms with van der Waals surface area (Å²) in [5.74, 6) is 0.885. The van der Waals surface area contributed by atoms with Crippen LogP contribution in [0.15, 0.2) is 18.2 Å². The molecule has 0 N–H and O–H groups in total. The van der Waals surface area contributed by atoms with Crippen LogP contribution in [0, 0.1) is 0 Å². The van der Waals surface area contributed by atoms with Gasteiger partial charge >= 0.3 is 6.18 Å². The lowest BCUT2D eigenvalue weighted by Crippen LogP contribution is -2.38. The minimum atomic E-state index is -4.31. The van der Waals surface area contributed by atoms with Gasteiger partial charge in [0.05, 0.1) is 5.56 Å². The highest BCUT2D eigenvalue weighted by Gasteiger charge is 2.36. The van der Waals surface area contributed by atoms with Crippen LogP contribution in [-0.4, -0.2) is 24.1 Å². The van der Waals surface area contributed by atoms with Crippen molar-refractivity contribution in [3.05, 3.63) is 29.3 Å². The van der Waals surface area contributed by atoms with E-state index in [2.05, 4.69) is 22.9 Å². The molecule has 1 heterocycles. The molecule has 20 heavy (non-hydrogen) atoms. The normalized spacial score (nSPS) is 20.2. The first-order chi connectivity index (χ1) is 9.45. The number of halogens is 4. The van der Waals surface area contributed by atoms with Crippen LogP contribution in [0.2, 0.25) is 0 Å². The fraction of sp³-hybridized carbons (Fsp3) is 0.571. The van der Waals surface area contributed by atoms with Gasteiger partial charge in [-0.25, -0.2) is 0 Å². The predicted molar refractivity (Wildman–Crippen MR) is 82.8 cm³/mol. The summed E-state index contributed by atoms with van der Waals surface area (Å²) < 4.78 is 39.8. The molecule has 1 unspecified atom stereocenters. The highest BCUT2D eigenvalue weighted by Crippen LogP contribution is 2.39. The molecule has 0 aliphatic carbocycles. The second kappa shape index (κ2) is 6.60. The second-order valence-electron chi connectivity index (χ2n) is 4.83. The van der Waals surface area contributed by atoms with Crippen LogP contribution < -0.4 is 4.90 Å². The number of thioether (sulfide) groups is 1. The van der Waals surface area contributed by atoms with Crippen LogP contribution in [0.1, 0.15) is 24.5 Å². The third kappa shape index (κ3) is 3.64. The van der Waals surface area contributed by atoms with Gasteiger partial charge in [-0.2, -0.15) is 24.9 Å². The van der Waals surface area contributed by atoms with E-state index in [0.29, 0.717) is 34.9 Å². The molecular weight excluding hydrogens is 351 g/mol. The second-order valence-corrected chi connectivity index (χ2v) is 6.80. The summed E-state index contributed by atoms with van der Waals surface area (Å²) in [5.41, 5.74) is 0.455. The van der Waals surface area contributed by atoms with Crippen LogP contribution in [0.5, 0.6) is 0 Å². The monoisotopic (exact) mass is 367 g/mol. The van der Waals surface area contributed by atoms with Gasteiger partial charge < -0.3 is 4.90 Å². The van der Waals surface area contributed by atoms with Crippen molar-refractivity contribution >= 4 is 33.4 Å². The molecule has 0 bridgehead atoms. The number of anilines is 1. The molecule has 1 aromatic carbocycles. The van der Waals surface area contributed by atoms with Crippen LogP contribution in [0.3, 0.4) is 0 Å². The molecule has 0 radical (unpaired) electrons. The fourth-order valence-corrected chi connectivity index (χ4v) is 3.88. The van der Waals surface area contributed by atoms with E-state index in [9.17, 15) is 13.2 Å². The quantitative estimate of drug-likeness (QED) is 0.696. The Morgan fingerprint density at radius 1 is 1.40 bits per heavy atom. The summed E-state index contributed by atoms with van der Waals surface area (Å²) in [6.45, 7) is 3.45. The van der Waals surface area contributed by atoms with Crippen molar-refractivity contribution in [2.45, 2.75) is 30.1 Å². The molecule has 112 valence electrons. The Balaban J connectivity index is 2.35. The summed E-state index contributed by atoms with van der Waals surface area (Å²) in [6, 6.07) is 4.64. The topological polar surface area (TPSA) is 3.24 Å². The van der Waals surface area contributed by atoms with E-state index in [1.54, 1.807) is 12.1 Å². The van der Waals surface area contributed by atoms with Gasteiger partial charge in [-0.05, 0) is 24.1 Å². The molecule has 0 aromatic heterocycles. The first kappa shape index (κ1) is 16.0. The summed E-state index contributed by atoms with van der Waals surface area (Å²) in [7, 11) is 0. The smallest absolute Gasteiger partial charge is 0.369 e. The third-order valence-corrected chi connectivity index (χ3v) is 5.48. The van der Waals surface area contributed by atoms with E-state index >= 15 is 0 Å². The average Bonchev–Trinajstić information content (AvgIpc) is 2.45. The van der Waals surface area contributed by atoms with E-state index in [-0.39, 0.29) is 0 Å². The average molecular weight is 368 g/mol. The Morgan fingerprint density at radius 2 is 2.15 bits per heavy atom. The van der Waals surface area contributed by atoms with Crippen LogP contribution in [0.25, 0.3) is 0 Å². The van der Waals surface area contributed by atoms with Crippen molar-refractivity contribution in [3.63, 3.8) is 0 Å². The molecule has 6 heteroatoms. The summed E-state index contributed by atoms with van der Waals surface area (Å²) in [5, 5.41) is 0.852. The van der Waals surface area contributed by atoms with Crippen molar-refractivity contribution in [2.75, 3.05) is 23.7 Å². The van der Waals surface area contributed by atoms with Crippen LogP contribution in [-0.2, 0) is 11.5 Å². The van der Waals surface area contributed by atoms with Gasteiger partial charge in [-0.3, -0.25) is 0 Å². The molecule has 2 rings (SSSR count). The Kier molecular flexibility index (Phi) is 5.29. The van der Waals surface area contributed by atoms with Gasteiger partial charge in [0.25, 0.3) is 0 Å². The molecule has 1 atom stereocenters. The van der Waals surface area contributed by atoms with Crippen molar-refractivity contribution in [2.24, 2.45) is 0 Å². The standard InChI is InChI=1S/C14H17BrF3NS/c1-2-11-9-19(5-6-20-11)13-4-3-10(8-15)7-12(13)14(16,17)18/h3-4,7,11H,2,5-6,8-9H2,1H3. The molecule has 1 aliphatic rings. The SMILES string of the molecule is CCC1CN(c2ccc(CBr)cc2C(F)(F)F)CCS1. The van der Waals surface area contributed by atoms with E-state index in [0.717, 1.165) is 12.2 Å². The minimum absolute atomic E-state index is 0.320. The van der Waals surface area contributed by atoms with Gasteiger partial charge in [-0.1, -0.05) is 28.9 Å². The number of alkyl halides is 4. The van der Waals surface area contributed by atoms with Crippen LogP contribution >= 0.6 is 27.7 Å². The Morgan fingerprint density at radius 3 is 2.75 bits per heavy atom. The number of hydrogen-bond donors (Lipinski definition) is 0. The number of nitrogens with zero attached hydrogens (tertiary/aromatic N) is 1. The highest BCUT2D eigenvalue weighted by atomic mass is 79.9. The summed E-state index contributed by atoms with van der Waals surface area (Å²) in [6.07, 6.45) is -3.32. The van der Waals surface area contributed by atoms with Crippen molar-refractivity contribution < 1.29 is 13.2 Å². The van der Waals surface area contributed by atoms with Gasteiger partial charge in [-0.15, -0.1) is 0 Å². The molecule has 0 spiro atoms. The van der Waals surface area contributed by atoms with Crippen molar-refractivity contribution in [1.82, 2.24) is 0 Å². The molecule has 0 amide bonds. The molecule has 1 nitrogen and oxygen atoms in total. The van der Waals surface area contributed by atoms with Gasteiger partial charge in [0, 0.05) is 35.1 Å². The first-order valence-corrected chi connectivity index (χ1v) is 8.75. The zero-order valence-electron chi connectivity index (χ0n) is 11.2. The maximum Gasteiger partial charge on any atom is 0.418 e. The lowest BCUT2D eigenvalue weighted by Gasteiger charge is -2.35. The van der Waals surface area contributed by atoms with E-state index < -0.39 is 11.7 Å². The van der Waals surface area contributed by atoms with E-state index in [1.807, 2.05) is 16.7 Å². The third-order valence-electron chi connectivity index (χ3n) is 3.46. The molecule has 1 fully saturated rings. The molecule has 1 saturated heterocycles. The fourth-order valence-electron chi connectivity index (χ4n) is 2.35. The maximum absolute atomic E-state index is 13.3. The summed E-state index contributed by atoms with van der Waals surface area (Å²) in [4.78, 5) is 1.88. The largest absolute Gasteiger partial charge is 0.418 e. The Labute approximate surface area is 130 Å². The number of rotatable bonds is 3. The lowest BCUT2D eigenvalue weighted by molar-refractivity contribution is -0.137. The van der Waals surface area contributed by atoms with Crippen molar-refractivity contribution in [1.29, 1.82) is 0 Å². The number of benzene rings is 1. The molecular formula is C14H17BrF3NS. The van der Waals surface area contributed by atoms with Crippen molar-refractivity contribution in [3.8, 4) is 0 Å². The zero-order valence-corrected chi connectivity index (χ0v) is 13.6. The highest BCUT2D eigenvalue weighted by molar-refractivity contribution is 9.08. The van der Waals surface area contributed by atoms with Crippen LogP contribution in [0.4, 0.5) is 18.9 Å². The first-order valence-electron chi connectivity index (χ1n) is 6.58. The minimum Gasteiger partial charge on any atom is -0.369 e. The Hall–Kier alpha value is -0.360. The molecule has 1 aromatic rings. The van der Waals surface area contributed by atoms with E-state index in [1.165, 1.54) is 6.07 Å². The van der Waals surface area contributed by atoms with Gasteiger partial charge in [0.2, 0.25) is 0 Å². The lowest BCUT2D eigenvalue weighted by atomic mass is 10.1. The van der Waals surface area contributed by atoms with Gasteiger partial charge in [0.1, 0.15) is 0 Å². The molecule has 1 aliphatic heterocycles. The van der Waals surface area contributed by atoms with E-state index in [4.69, 9.17) is 0 Å². The summed E-state index contributed by atoms with van der Waals surface area (Å²) >= 11 is 5.07. The maximum atomic E-state index is 13.3. The Bertz CT molecular complexity index is 464. The predicted octanol–water partition coefficient (Wildman–Crippen LogP) is 4.93. The zero-order chi connectivity index (χ0) is 14.8. The number of hydrogen-bond acceptors (Lipinski definition) is 2.